The van der Waals surface area contributed by atoms with Crippen LogP contribution in [-0.2, 0) is 0 Å². The molecular weight excluding hydrogens is 324 g/mol. The van der Waals surface area contributed by atoms with Crippen LogP contribution in [0.25, 0.3) is 0 Å². The molecule has 1 aliphatic rings. The third-order valence-electron chi connectivity index (χ3n) is 4.63. The van der Waals surface area contributed by atoms with Gasteiger partial charge < -0.3 is 15.5 Å². The Balaban J connectivity index is 1.60. The van der Waals surface area contributed by atoms with Crippen LogP contribution < -0.4 is 15.5 Å². The van der Waals surface area contributed by atoms with E-state index in [1.54, 1.807) is 12.4 Å². The van der Waals surface area contributed by atoms with Crippen LogP contribution in [0.1, 0.15) is 43.5 Å². The zero-order chi connectivity index (χ0) is 18.4. The Morgan fingerprint density at radius 1 is 1.12 bits per heavy atom. The highest BCUT2D eigenvalue weighted by Gasteiger charge is 2.12. The van der Waals surface area contributed by atoms with Gasteiger partial charge in [0.15, 0.2) is 0 Å². The second-order valence-corrected chi connectivity index (χ2v) is 7.27. The average molecular weight is 352 g/mol. The van der Waals surface area contributed by atoms with Crippen LogP contribution in [0.15, 0.2) is 42.7 Å². The maximum absolute atomic E-state index is 12.2. The average Bonchev–Trinajstić information content (AvgIpc) is 3.17. The molecule has 0 radical (unpaired) electrons. The minimum absolute atomic E-state index is 0.0776. The predicted octanol–water partition coefficient (Wildman–Crippen LogP) is 4.20. The summed E-state index contributed by atoms with van der Waals surface area (Å²) in [6.45, 7) is 7.27. The summed E-state index contributed by atoms with van der Waals surface area (Å²) in [6.07, 6.45) is 6.86. The zero-order valence-corrected chi connectivity index (χ0v) is 15.7. The molecule has 1 aromatic heterocycles. The van der Waals surface area contributed by atoms with Crippen LogP contribution in [-0.4, -0.2) is 30.5 Å². The summed E-state index contributed by atoms with van der Waals surface area (Å²) in [7, 11) is 0. The maximum atomic E-state index is 12.2. The van der Waals surface area contributed by atoms with Gasteiger partial charge in [0.25, 0.3) is 5.91 Å². The number of pyridine rings is 1. The molecule has 138 valence electrons. The second kappa shape index (κ2) is 8.70. The van der Waals surface area contributed by atoms with Crippen LogP contribution in [0.5, 0.6) is 0 Å². The summed E-state index contributed by atoms with van der Waals surface area (Å²) in [5.74, 6) is 0.496. The summed E-state index contributed by atoms with van der Waals surface area (Å²) < 4.78 is 0. The van der Waals surface area contributed by atoms with Gasteiger partial charge in [-0.2, -0.15) is 0 Å². The first-order valence-electron chi connectivity index (χ1n) is 9.47. The van der Waals surface area contributed by atoms with Gasteiger partial charge in [0, 0.05) is 37.2 Å². The smallest absolute Gasteiger partial charge is 0.252 e. The quantitative estimate of drug-likeness (QED) is 0.784. The molecule has 1 saturated heterocycles. The van der Waals surface area contributed by atoms with Crippen molar-refractivity contribution in [3.05, 3.63) is 48.3 Å². The molecule has 0 unspecified atom stereocenters. The van der Waals surface area contributed by atoms with E-state index in [2.05, 4.69) is 58.6 Å². The van der Waals surface area contributed by atoms with Crippen molar-refractivity contribution in [3.8, 4) is 0 Å². The topological polar surface area (TPSA) is 57.3 Å². The lowest BCUT2D eigenvalue weighted by molar-refractivity contribution is 0.0951. The van der Waals surface area contributed by atoms with E-state index < -0.39 is 0 Å². The minimum atomic E-state index is -0.0776. The minimum Gasteiger partial charge on any atom is -0.372 e. The van der Waals surface area contributed by atoms with Gasteiger partial charge in [-0.1, -0.05) is 13.8 Å². The monoisotopic (exact) mass is 352 g/mol. The fourth-order valence-electron chi connectivity index (χ4n) is 3.11. The van der Waals surface area contributed by atoms with Crippen molar-refractivity contribution in [1.82, 2.24) is 10.3 Å². The number of hydrogen-bond donors (Lipinski definition) is 2. The molecule has 0 spiro atoms. The Kier molecular flexibility index (Phi) is 6.10. The molecule has 2 heterocycles. The summed E-state index contributed by atoms with van der Waals surface area (Å²) in [5.41, 5.74) is 3.65. The number of amides is 1. The summed E-state index contributed by atoms with van der Waals surface area (Å²) >= 11 is 0. The van der Waals surface area contributed by atoms with Crippen molar-refractivity contribution >= 4 is 23.0 Å². The van der Waals surface area contributed by atoms with Gasteiger partial charge in [0.1, 0.15) is 0 Å². The molecule has 1 fully saturated rings. The molecule has 2 N–H and O–H groups in total. The highest BCUT2D eigenvalue weighted by molar-refractivity contribution is 5.94. The lowest BCUT2D eigenvalue weighted by Gasteiger charge is -2.18. The molecule has 3 rings (SSSR count). The first-order chi connectivity index (χ1) is 12.6. The van der Waals surface area contributed by atoms with Crippen LogP contribution >= 0.6 is 0 Å². The number of nitrogens with zero attached hydrogens (tertiary/aromatic N) is 2. The van der Waals surface area contributed by atoms with E-state index in [1.165, 1.54) is 18.5 Å². The van der Waals surface area contributed by atoms with E-state index >= 15 is 0 Å². The number of aromatic nitrogens is 1. The van der Waals surface area contributed by atoms with Crippen LogP contribution in [0.3, 0.4) is 0 Å². The Morgan fingerprint density at radius 3 is 2.54 bits per heavy atom. The first-order valence-corrected chi connectivity index (χ1v) is 9.47. The highest BCUT2D eigenvalue weighted by atomic mass is 16.1. The molecule has 1 amide bonds. The lowest BCUT2D eigenvalue weighted by Crippen LogP contribution is -2.25. The SMILES string of the molecule is CC(C)CCNC(=O)c1cncc(Nc2ccc(N3CCCC3)cc2)c1. The molecule has 5 nitrogen and oxygen atoms in total. The number of carbonyl (C=O) groups is 1. The first kappa shape index (κ1) is 18.2. The summed E-state index contributed by atoms with van der Waals surface area (Å²) in [6, 6.07) is 10.3. The molecule has 0 saturated carbocycles. The molecule has 1 aliphatic heterocycles. The van der Waals surface area contributed by atoms with Crippen molar-refractivity contribution in [2.45, 2.75) is 33.1 Å². The van der Waals surface area contributed by atoms with Gasteiger partial charge in [0.2, 0.25) is 0 Å². The summed E-state index contributed by atoms with van der Waals surface area (Å²) in [4.78, 5) is 18.8. The predicted molar refractivity (Wildman–Crippen MR) is 107 cm³/mol. The normalized spacial score (nSPS) is 13.9. The third-order valence-corrected chi connectivity index (χ3v) is 4.63. The Labute approximate surface area is 155 Å². The van der Waals surface area contributed by atoms with Crippen molar-refractivity contribution in [2.24, 2.45) is 5.92 Å². The van der Waals surface area contributed by atoms with Gasteiger partial charge >= 0.3 is 0 Å². The van der Waals surface area contributed by atoms with E-state index in [9.17, 15) is 4.79 Å². The molecule has 0 aliphatic carbocycles. The number of anilines is 3. The van der Waals surface area contributed by atoms with Crippen LogP contribution in [0, 0.1) is 5.92 Å². The molecule has 2 aromatic rings. The van der Waals surface area contributed by atoms with Crippen LogP contribution in [0.2, 0.25) is 0 Å². The number of rotatable bonds is 7. The van der Waals surface area contributed by atoms with E-state index in [-0.39, 0.29) is 5.91 Å². The second-order valence-electron chi connectivity index (χ2n) is 7.27. The number of benzene rings is 1. The Morgan fingerprint density at radius 2 is 1.85 bits per heavy atom. The van der Waals surface area contributed by atoms with Crippen molar-refractivity contribution in [2.75, 3.05) is 29.9 Å². The molecule has 1 aromatic carbocycles. The summed E-state index contributed by atoms with van der Waals surface area (Å²) in [5, 5.41) is 6.28. The Hall–Kier alpha value is -2.56. The van der Waals surface area contributed by atoms with E-state index in [0.29, 0.717) is 18.0 Å². The van der Waals surface area contributed by atoms with Crippen molar-refractivity contribution < 1.29 is 4.79 Å². The van der Waals surface area contributed by atoms with Crippen molar-refractivity contribution in [3.63, 3.8) is 0 Å². The van der Waals surface area contributed by atoms with E-state index in [0.717, 1.165) is 30.9 Å². The van der Waals surface area contributed by atoms with Gasteiger partial charge in [-0.25, -0.2) is 0 Å². The van der Waals surface area contributed by atoms with E-state index in [1.807, 2.05) is 6.07 Å². The van der Waals surface area contributed by atoms with Gasteiger partial charge in [-0.15, -0.1) is 0 Å². The van der Waals surface area contributed by atoms with E-state index in [4.69, 9.17) is 0 Å². The van der Waals surface area contributed by atoms with Crippen LogP contribution in [0.4, 0.5) is 17.1 Å². The fraction of sp³-hybridized carbons (Fsp3) is 0.429. The zero-order valence-electron chi connectivity index (χ0n) is 15.7. The highest BCUT2D eigenvalue weighted by Crippen LogP contribution is 2.24. The molecule has 0 bridgehead atoms. The largest absolute Gasteiger partial charge is 0.372 e. The number of carbonyl (C=O) groups excluding carboxylic acids is 1. The van der Waals surface area contributed by atoms with Gasteiger partial charge in [-0.05, 0) is 55.5 Å². The fourth-order valence-corrected chi connectivity index (χ4v) is 3.11. The molecule has 5 heteroatoms. The molecule has 0 atom stereocenters. The van der Waals surface area contributed by atoms with Crippen molar-refractivity contribution in [1.29, 1.82) is 0 Å². The van der Waals surface area contributed by atoms with Gasteiger partial charge in [-0.3, -0.25) is 9.78 Å². The standard InChI is InChI=1S/C21H28N4O/c1-16(2)9-10-23-21(26)17-13-19(15-22-14-17)24-18-5-7-20(8-6-18)25-11-3-4-12-25/h5-8,13-16,24H,3-4,9-12H2,1-2H3,(H,23,26). The Bertz CT molecular complexity index is 721. The third kappa shape index (κ3) is 4.97. The maximum Gasteiger partial charge on any atom is 0.252 e. The molecule has 26 heavy (non-hydrogen) atoms. The molecular formula is C21H28N4O. The van der Waals surface area contributed by atoms with Gasteiger partial charge in [0.05, 0.1) is 17.4 Å². The number of nitrogens with one attached hydrogen (secondary N) is 2. The number of hydrogen-bond acceptors (Lipinski definition) is 4. The lowest BCUT2D eigenvalue weighted by atomic mass is 10.1.